The van der Waals surface area contributed by atoms with Gasteiger partial charge in [-0.1, -0.05) is 6.92 Å². The molecule has 164 valence electrons. The molecule has 0 aliphatic carbocycles. The van der Waals surface area contributed by atoms with Crippen LogP contribution in [0.1, 0.15) is 31.1 Å². The lowest BCUT2D eigenvalue weighted by atomic mass is 9.98. The zero-order chi connectivity index (χ0) is 22.7. The van der Waals surface area contributed by atoms with Crippen molar-refractivity contribution in [1.82, 2.24) is 30.5 Å². The summed E-state index contributed by atoms with van der Waals surface area (Å²) < 4.78 is 5.60. The second-order valence-electron chi connectivity index (χ2n) is 7.09. The maximum absolute atomic E-state index is 12.0. The maximum Gasteiger partial charge on any atom is 0.320 e. The van der Waals surface area contributed by atoms with Crippen LogP contribution >= 0.6 is 11.3 Å². The lowest BCUT2D eigenvalue weighted by Crippen LogP contribution is -2.28. The number of aromatic nitrogens is 5. The van der Waals surface area contributed by atoms with Crippen LogP contribution in [-0.4, -0.2) is 37.7 Å². The molecule has 9 nitrogen and oxygen atoms in total. The molecule has 0 aliphatic heterocycles. The van der Waals surface area contributed by atoms with Crippen molar-refractivity contribution in [2.45, 2.75) is 34.1 Å². The van der Waals surface area contributed by atoms with Crippen LogP contribution in [0.3, 0.4) is 0 Å². The summed E-state index contributed by atoms with van der Waals surface area (Å²) in [5.41, 5.74) is 5.19. The number of hydrogen-bond donors (Lipinski definition) is 2. The zero-order valence-corrected chi connectivity index (χ0v) is 19.1. The first-order valence-corrected chi connectivity index (χ1v) is 11.1. The summed E-state index contributed by atoms with van der Waals surface area (Å²) in [6.45, 7) is 8.13. The molecule has 0 saturated carbocycles. The molecule has 2 amide bonds. The topological polar surface area (TPSA) is 119 Å². The molecular formula is C22H23N7O2S. The van der Waals surface area contributed by atoms with Gasteiger partial charge in [0.05, 0.1) is 5.56 Å². The number of rotatable bonds is 6. The Bertz CT molecular complexity index is 1260. The van der Waals surface area contributed by atoms with E-state index in [4.69, 9.17) is 4.42 Å². The molecule has 10 heteroatoms. The fourth-order valence-corrected chi connectivity index (χ4v) is 4.08. The smallest absolute Gasteiger partial charge is 0.320 e. The minimum absolute atomic E-state index is 0.307. The van der Waals surface area contributed by atoms with E-state index >= 15 is 0 Å². The number of amides is 2. The van der Waals surface area contributed by atoms with E-state index in [9.17, 15) is 4.79 Å². The highest BCUT2D eigenvalue weighted by Crippen LogP contribution is 2.37. The van der Waals surface area contributed by atoms with E-state index in [0.717, 1.165) is 45.1 Å². The predicted octanol–water partition coefficient (Wildman–Crippen LogP) is 4.64. The molecule has 0 atom stereocenters. The molecule has 0 aliphatic rings. The molecule has 0 bridgehead atoms. The SMILES string of the molecule is CCNC(=O)Nc1cc(-c2nc(C)cs2)c(-c2cc(-c3nnc(C)o3)cnc2CC)cn1. The summed E-state index contributed by atoms with van der Waals surface area (Å²) in [5, 5.41) is 16.3. The summed E-state index contributed by atoms with van der Waals surface area (Å²) in [7, 11) is 0. The number of pyridine rings is 2. The van der Waals surface area contributed by atoms with Crippen molar-refractivity contribution in [3.63, 3.8) is 0 Å². The van der Waals surface area contributed by atoms with E-state index in [1.165, 1.54) is 11.3 Å². The van der Waals surface area contributed by atoms with Gasteiger partial charge in [-0.15, -0.1) is 21.5 Å². The molecule has 0 unspecified atom stereocenters. The van der Waals surface area contributed by atoms with Crippen LogP contribution in [0.2, 0.25) is 0 Å². The van der Waals surface area contributed by atoms with Crippen molar-refractivity contribution in [2.24, 2.45) is 0 Å². The number of carbonyl (C=O) groups is 1. The third-order valence-corrected chi connectivity index (χ3v) is 5.69. The van der Waals surface area contributed by atoms with Crippen LogP contribution < -0.4 is 10.6 Å². The summed E-state index contributed by atoms with van der Waals surface area (Å²) >= 11 is 1.54. The van der Waals surface area contributed by atoms with Gasteiger partial charge >= 0.3 is 6.03 Å². The largest absolute Gasteiger partial charge is 0.421 e. The second-order valence-corrected chi connectivity index (χ2v) is 7.95. The molecule has 0 spiro atoms. The van der Waals surface area contributed by atoms with Gasteiger partial charge in [0.1, 0.15) is 10.8 Å². The van der Waals surface area contributed by atoms with Crippen molar-refractivity contribution >= 4 is 23.2 Å². The predicted molar refractivity (Wildman–Crippen MR) is 123 cm³/mol. The zero-order valence-electron chi connectivity index (χ0n) is 18.3. The molecule has 2 N–H and O–H groups in total. The van der Waals surface area contributed by atoms with Crippen molar-refractivity contribution in [3.05, 3.63) is 47.2 Å². The minimum Gasteiger partial charge on any atom is -0.421 e. The van der Waals surface area contributed by atoms with Gasteiger partial charge in [-0.3, -0.25) is 10.3 Å². The molecule has 4 heterocycles. The van der Waals surface area contributed by atoms with Crippen molar-refractivity contribution in [1.29, 1.82) is 0 Å². The van der Waals surface area contributed by atoms with E-state index in [1.54, 1.807) is 19.3 Å². The van der Waals surface area contributed by atoms with Crippen LogP contribution in [-0.2, 0) is 6.42 Å². The van der Waals surface area contributed by atoms with Gasteiger partial charge in [-0.2, -0.15) is 0 Å². The number of nitrogens with zero attached hydrogens (tertiary/aromatic N) is 5. The molecule has 4 rings (SSSR count). The van der Waals surface area contributed by atoms with E-state index in [0.29, 0.717) is 24.1 Å². The molecule has 0 radical (unpaired) electrons. The number of carbonyl (C=O) groups excluding carboxylic acids is 1. The summed E-state index contributed by atoms with van der Waals surface area (Å²) in [6.07, 6.45) is 4.21. The standard InChI is InChI=1S/C22H23N7O2S/c1-5-18-15(7-14(9-24-18)20-29-28-13(4)31-20)17-10-25-19(27-22(30)23-6-2)8-16(17)21-26-12(3)11-32-21/h7-11H,5-6H2,1-4H3,(H2,23,25,27,30). The number of anilines is 1. The minimum atomic E-state index is -0.307. The highest BCUT2D eigenvalue weighted by atomic mass is 32.1. The molecule has 0 fully saturated rings. The molecule has 0 saturated heterocycles. The monoisotopic (exact) mass is 449 g/mol. The molecule has 4 aromatic rings. The van der Waals surface area contributed by atoms with Gasteiger partial charge in [0, 0.05) is 59.3 Å². The third kappa shape index (κ3) is 4.50. The molecule has 32 heavy (non-hydrogen) atoms. The summed E-state index contributed by atoms with van der Waals surface area (Å²) in [5.74, 6) is 1.34. The number of urea groups is 1. The van der Waals surface area contributed by atoms with Crippen LogP contribution in [0.5, 0.6) is 0 Å². The van der Waals surface area contributed by atoms with E-state index in [2.05, 4.69) is 35.8 Å². The summed E-state index contributed by atoms with van der Waals surface area (Å²) in [4.78, 5) is 25.8. The van der Waals surface area contributed by atoms with E-state index in [-0.39, 0.29) is 6.03 Å². The van der Waals surface area contributed by atoms with Gasteiger partial charge in [0.15, 0.2) is 0 Å². The first kappa shape index (κ1) is 21.6. The Morgan fingerprint density at radius 2 is 1.91 bits per heavy atom. The molecular weight excluding hydrogens is 426 g/mol. The van der Waals surface area contributed by atoms with Crippen LogP contribution in [0.4, 0.5) is 10.6 Å². The van der Waals surface area contributed by atoms with Gasteiger partial charge in [-0.05, 0) is 32.4 Å². The van der Waals surface area contributed by atoms with Crippen molar-refractivity contribution in [3.8, 4) is 33.2 Å². The first-order valence-electron chi connectivity index (χ1n) is 10.3. The van der Waals surface area contributed by atoms with Crippen LogP contribution in [0.25, 0.3) is 33.2 Å². The van der Waals surface area contributed by atoms with Crippen molar-refractivity contribution < 1.29 is 9.21 Å². The summed E-state index contributed by atoms with van der Waals surface area (Å²) in [6, 6.07) is 3.52. The number of hydrogen-bond acceptors (Lipinski definition) is 8. The third-order valence-electron chi connectivity index (χ3n) is 4.70. The first-order chi connectivity index (χ1) is 15.5. The number of nitrogens with one attached hydrogen (secondary N) is 2. The fraction of sp³-hybridized carbons (Fsp3) is 0.273. The Kier molecular flexibility index (Phi) is 6.22. The normalized spacial score (nSPS) is 10.9. The maximum atomic E-state index is 12.0. The average Bonchev–Trinajstić information content (AvgIpc) is 3.41. The van der Waals surface area contributed by atoms with Gasteiger partial charge in [0.2, 0.25) is 11.8 Å². The highest BCUT2D eigenvalue weighted by molar-refractivity contribution is 7.13. The quantitative estimate of drug-likeness (QED) is 0.440. The van der Waals surface area contributed by atoms with Gasteiger partial charge < -0.3 is 9.73 Å². The Morgan fingerprint density at radius 3 is 2.56 bits per heavy atom. The van der Waals surface area contributed by atoms with Gasteiger partial charge in [0.25, 0.3) is 0 Å². The van der Waals surface area contributed by atoms with Crippen LogP contribution in [0.15, 0.2) is 34.3 Å². The Morgan fingerprint density at radius 1 is 1.06 bits per heavy atom. The molecule has 4 aromatic heterocycles. The fourth-order valence-electron chi connectivity index (χ4n) is 3.25. The number of thiazole rings is 1. The Balaban J connectivity index is 1.85. The van der Waals surface area contributed by atoms with Crippen molar-refractivity contribution in [2.75, 3.05) is 11.9 Å². The average molecular weight is 450 g/mol. The highest BCUT2D eigenvalue weighted by Gasteiger charge is 2.18. The molecule has 0 aromatic carbocycles. The Hall–Kier alpha value is -3.66. The number of aryl methyl sites for hydroxylation is 3. The van der Waals surface area contributed by atoms with Gasteiger partial charge in [-0.25, -0.2) is 14.8 Å². The lowest BCUT2D eigenvalue weighted by molar-refractivity contribution is 0.252. The van der Waals surface area contributed by atoms with E-state index < -0.39 is 0 Å². The second kappa shape index (κ2) is 9.23. The van der Waals surface area contributed by atoms with Crippen LogP contribution in [0, 0.1) is 13.8 Å². The van der Waals surface area contributed by atoms with E-state index in [1.807, 2.05) is 38.3 Å². The Labute approximate surface area is 189 Å². The lowest BCUT2D eigenvalue weighted by Gasteiger charge is -2.14.